The van der Waals surface area contributed by atoms with Gasteiger partial charge in [0.1, 0.15) is 17.8 Å². The lowest BCUT2D eigenvalue weighted by Crippen LogP contribution is -2.16. The van der Waals surface area contributed by atoms with Gasteiger partial charge in [-0.2, -0.15) is 0 Å². The zero-order valence-corrected chi connectivity index (χ0v) is 11.8. The SMILES string of the molecule is COc1ccccc1CNc1ncc([N+](=O)[O-])cc1C(N)=O. The van der Waals surface area contributed by atoms with Gasteiger partial charge in [-0.15, -0.1) is 0 Å². The first-order chi connectivity index (χ1) is 10.5. The number of aromatic nitrogens is 1. The van der Waals surface area contributed by atoms with Crippen LogP contribution in [0.4, 0.5) is 11.5 Å². The van der Waals surface area contributed by atoms with Crippen LogP contribution in [0.3, 0.4) is 0 Å². The number of carbonyl (C=O) groups is 1. The van der Waals surface area contributed by atoms with Crippen LogP contribution in [0.5, 0.6) is 5.75 Å². The monoisotopic (exact) mass is 302 g/mol. The third-order valence-corrected chi connectivity index (χ3v) is 2.99. The van der Waals surface area contributed by atoms with Crippen molar-refractivity contribution in [2.24, 2.45) is 5.73 Å². The molecule has 0 unspecified atom stereocenters. The predicted octanol–water partition coefficient (Wildman–Crippen LogP) is 1.71. The number of nitrogens with zero attached hydrogens (tertiary/aromatic N) is 2. The molecule has 1 amide bonds. The third kappa shape index (κ3) is 3.29. The number of nitrogens with one attached hydrogen (secondary N) is 1. The van der Waals surface area contributed by atoms with E-state index in [1.807, 2.05) is 18.2 Å². The van der Waals surface area contributed by atoms with E-state index in [9.17, 15) is 14.9 Å². The van der Waals surface area contributed by atoms with Crippen molar-refractivity contribution in [2.45, 2.75) is 6.54 Å². The molecule has 0 saturated heterocycles. The van der Waals surface area contributed by atoms with E-state index >= 15 is 0 Å². The van der Waals surface area contributed by atoms with Gasteiger partial charge in [0, 0.05) is 18.2 Å². The highest BCUT2D eigenvalue weighted by Crippen LogP contribution is 2.22. The number of anilines is 1. The molecule has 0 aliphatic heterocycles. The lowest BCUT2D eigenvalue weighted by molar-refractivity contribution is -0.385. The standard InChI is InChI=1S/C14H14N4O4/c1-22-12-5-3-2-4-9(12)7-16-14-11(13(15)19)6-10(8-17-14)18(20)21/h2-6,8H,7H2,1H3,(H2,15,19)(H,16,17). The molecule has 2 rings (SSSR count). The molecule has 22 heavy (non-hydrogen) atoms. The van der Waals surface area contributed by atoms with Gasteiger partial charge < -0.3 is 15.8 Å². The number of methoxy groups -OCH3 is 1. The fraction of sp³-hybridized carbons (Fsp3) is 0.143. The Balaban J connectivity index is 2.26. The average Bonchev–Trinajstić information content (AvgIpc) is 2.52. The topological polar surface area (TPSA) is 120 Å². The van der Waals surface area contributed by atoms with Crippen LogP contribution in [0, 0.1) is 10.1 Å². The summed E-state index contributed by atoms with van der Waals surface area (Å²) in [5.41, 5.74) is 5.76. The smallest absolute Gasteiger partial charge is 0.288 e. The third-order valence-electron chi connectivity index (χ3n) is 2.99. The molecule has 0 bridgehead atoms. The minimum atomic E-state index is -0.793. The number of nitro groups is 1. The van der Waals surface area contributed by atoms with Crippen LogP contribution in [0.1, 0.15) is 15.9 Å². The summed E-state index contributed by atoms with van der Waals surface area (Å²) in [6.07, 6.45) is 1.07. The number of nitrogens with two attached hydrogens (primary N) is 1. The number of pyridine rings is 1. The molecule has 1 heterocycles. The molecular formula is C14H14N4O4. The summed E-state index contributed by atoms with van der Waals surface area (Å²) in [6.45, 7) is 0.328. The number of hydrogen-bond donors (Lipinski definition) is 2. The molecule has 0 radical (unpaired) electrons. The Kier molecular flexibility index (Phi) is 4.52. The summed E-state index contributed by atoms with van der Waals surface area (Å²) < 4.78 is 5.22. The number of benzene rings is 1. The van der Waals surface area contributed by atoms with Gasteiger partial charge in [0.15, 0.2) is 0 Å². The normalized spacial score (nSPS) is 10.0. The van der Waals surface area contributed by atoms with Crippen LogP contribution >= 0.6 is 0 Å². The Bertz CT molecular complexity index is 718. The van der Waals surface area contributed by atoms with Crippen molar-refractivity contribution in [1.29, 1.82) is 0 Å². The Morgan fingerprint density at radius 3 is 2.82 bits per heavy atom. The van der Waals surface area contributed by atoms with E-state index in [-0.39, 0.29) is 17.1 Å². The molecule has 114 valence electrons. The molecule has 2 aromatic rings. The van der Waals surface area contributed by atoms with Crippen molar-refractivity contribution in [3.8, 4) is 5.75 Å². The Morgan fingerprint density at radius 1 is 1.45 bits per heavy atom. The molecule has 0 spiro atoms. The van der Waals surface area contributed by atoms with Gasteiger partial charge in [-0.1, -0.05) is 18.2 Å². The van der Waals surface area contributed by atoms with E-state index in [1.54, 1.807) is 13.2 Å². The summed E-state index contributed by atoms with van der Waals surface area (Å²) in [5.74, 6) is 0.0697. The second kappa shape index (κ2) is 6.53. The van der Waals surface area contributed by atoms with E-state index < -0.39 is 10.8 Å². The minimum absolute atomic E-state index is 0.0379. The van der Waals surface area contributed by atoms with Crippen molar-refractivity contribution >= 4 is 17.4 Å². The van der Waals surface area contributed by atoms with Gasteiger partial charge >= 0.3 is 0 Å². The minimum Gasteiger partial charge on any atom is -0.496 e. The first-order valence-corrected chi connectivity index (χ1v) is 6.33. The number of hydrogen-bond acceptors (Lipinski definition) is 6. The van der Waals surface area contributed by atoms with E-state index in [4.69, 9.17) is 10.5 Å². The second-order valence-corrected chi connectivity index (χ2v) is 4.38. The van der Waals surface area contributed by atoms with Crippen LogP contribution in [0.15, 0.2) is 36.5 Å². The van der Waals surface area contributed by atoms with E-state index in [2.05, 4.69) is 10.3 Å². The molecule has 8 nitrogen and oxygen atoms in total. The molecule has 3 N–H and O–H groups in total. The maximum Gasteiger partial charge on any atom is 0.288 e. The molecule has 0 atom stereocenters. The summed E-state index contributed by atoms with van der Waals surface area (Å²) in [6, 6.07) is 8.43. The number of ether oxygens (including phenoxy) is 1. The summed E-state index contributed by atoms with van der Waals surface area (Å²) in [7, 11) is 1.55. The molecule has 0 fully saturated rings. The van der Waals surface area contributed by atoms with Crippen LogP contribution in [-0.4, -0.2) is 22.9 Å². The number of carbonyl (C=O) groups excluding carboxylic acids is 1. The van der Waals surface area contributed by atoms with Gasteiger partial charge in [0.25, 0.3) is 11.6 Å². The molecule has 0 saturated carbocycles. The van der Waals surface area contributed by atoms with Gasteiger partial charge in [-0.3, -0.25) is 14.9 Å². The molecule has 1 aromatic heterocycles. The molecule has 0 aliphatic rings. The van der Waals surface area contributed by atoms with Crippen LogP contribution in [0.2, 0.25) is 0 Å². The fourth-order valence-electron chi connectivity index (χ4n) is 1.91. The van der Waals surface area contributed by atoms with Gasteiger partial charge in [0.2, 0.25) is 0 Å². The number of rotatable bonds is 6. The first-order valence-electron chi connectivity index (χ1n) is 6.33. The highest BCUT2D eigenvalue weighted by Gasteiger charge is 2.16. The van der Waals surface area contributed by atoms with E-state index in [0.29, 0.717) is 12.3 Å². The fourth-order valence-corrected chi connectivity index (χ4v) is 1.91. The summed E-state index contributed by atoms with van der Waals surface area (Å²) in [5, 5.41) is 13.7. The van der Waals surface area contributed by atoms with Crippen LogP contribution in [0.25, 0.3) is 0 Å². The Labute approximate surface area is 126 Å². The summed E-state index contributed by atoms with van der Waals surface area (Å²) in [4.78, 5) is 25.4. The Hall–Kier alpha value is -3.16. The zero-order chi connectivity index (χ0) is 16.1. The van der Waals surface area contributed by atoms with Crippen molar-refractivity contribution in [3.05, 3.63) is 57.8 Å². The highest BCUT2D eigenvalue weighted by molar-refractivity contribution is 5.98. The molecule has 1 aromatic carbocycles. The zero-order valence-electron chi connectivity index (χ0n) is 11.8. The quantitative estimate of drug-likeness (QED) is 0.619. The largest absolute Gasteiger partial charge is 0.496 e. The maximum atomic E-state index is 11.4. The van der Waals surface area contributed by atoms with Crippen molar-refractivity contribution in [1.82, 2.24) is 4.98 Å². The first kappa shape index (κ1) is 15.2. The van der Waals surface area contributed by atoms with E-state index in [0.717, 1.165) is 17.8 Å². The van der Waals surface area contributed by atoms with Crippen molar-refractivity contribution < 1.29 is 14.5 Å². The van der Waals surface area contributed by atoms with Gasteiger partial charge in [0.05, 0.1) is 17.6 Å². The average molecular weight is 302 g/mol. The van der Waals surface area contributed by atoms with Gasteiger partial charge in [-0.25, -0.2) is 4.98 Å². The number of amides is 1. The predicted molar refractivity (Wildman–Crippen MR) is 79.7 cm³/mol. The van der Waals surface area contributed by atoms with Crippen molar-refractivity contribution in [2.75, 3.05) is 12.4 Å². The lowest BCUT2D eigenvalue weighted by atomic mass is 10.2. The Morgan fingerprint density at radius 2 is 2.18 bits per heavy atom. The molecule has 0 aliphatic carbocycles. The lowest BCUT2D eigenvalue weighted by Gasteiger charge is -2.11. The van der Waals surface area contributed by atoms with E-state index in [1.165, 1.54) is 0 Å². The van der Waals surface area contributed by atoms with Gasteiger partial charge in [-0.05, 0) is 6.07 Å². The number of para-hydroxylation sites is 1. The second-order valence-electron chi connectivity index (χ2n) is 4.38. The highest BCUT2D eigenvalue weighted by atomic mass is 16.6. The summed E-state index contributed by atoms with van der Waals surface area (Å²) >= 11 is 0. The van der Waals surface area contributed by atoms with Crippen molar-refractivity contribution in [3.63, 3.8) is 0 Å². The van der Waals surface area contributed by atoms with Crippen LogP contribution in [-0.2, 0) is 6.54 Å². The van der Waals surface area contributed by atoms with Crippen LogP contribution < -0.4 is 15.8 Å². The molecular weight excluding hydrogens is 288 g/mol. The number of primary amides is 1. The maximum absolute atomic E-state index is 11.4. The molecule has 8 heteroatoms.